The number of benzene rings is 1. The predicted molar refractivity (Wildman–Crippen MR) is 68.6 cm³/mol. The van der Waals surface area contributed by atoms with Gasteiger partial charge in [0.1, 0.15) is 5.82 Å². The lowest BCUT2D eigenvalue weighted by molar-refractivity contribution is -0.123. The summed E-state index contributed by atoms with van der Waals surface area (Å²) < 4.78 is 22.5. The third-order valence-corrected chi connectivity index (χ3v) is 2.49. The highest BCUT2D eigenvalue weighted by atomic mass is 19.1. The highest BCUT2D eigenvalue weighted by Gasteiger charge is 2.20. The Morgan fingerprint density at radius 2 is 1.95 bits per heavy atom. The molecule has 1 amide bonds. The standard InChI is InChI=1S/C14H12FNO4/c1-9(20-14(18)12-3-2-8-19-12)13(17)16-11-6-4-10(15)5-7-11/h2-9H,1H3,(H,16,17)/t9-/m0/s1. The summed E-state index contributed by atoms with van der Waals surface area (Å²) in [6.07, 6.45) is 0.331. The van der Waals surface area contributed by atoms with Crippen LogP contribution in [0, 0.1) is 5.82 Å². The maximum Gasteiger partial charge on any atom is 0.374 e. The summed E-state index contributed by atoms with van der Waals surface area (Å²) >= 11 is 0. The number of furan rings is 1. The molecule has 104 valence electrons. The van der Waals surface area contributed by atoms with E-state index in [1.807, 2.05) is 0 Å². The molecule has 20 heavy (non-hydrogen) atoms. The Labute approximate surface area is 114 Å². The van der Waals surface area contributed by atoms with Gasteiger partial charge in [0.05, 0.1) is 6.26 Å². The fraction of sp³-hybridized carbons (Fsp3) is 0.143. The number of ether oxygens (including phenoxy) is 1. The van der Waals surface area contributed by atoms with E-state index in [0.717, 1.165) is 0 Å². The average Bonchev–Trinajstić information content (AvgIpc) is 2.95. The maximum absolute atomic E-state index is 12.7. The second-order valence-electron chi connectivity index (χ2n) is 4.02. The number of hydrogen-bond donors (Lipinski definition) is 1. The van der Waals surface area contributed by atoms with Crippen molar-refractivity contribution in [1.29, 1.82) is 0 Å². The minimum Gasteiger partial charge on any atom is -0.457 e. The molecule has 2 rings (SSSR count). The Bertz CT molecular complexity index is 592. The molecule has 1 atom stereocenters. The summed E-state index contributed by atoms with van der Waals surface area (Å²) in [5.74, 6) is -1.63. The summed E-state index contributed by atoms with van der Waals surface area (Å²) in [4.78, 5) is 23.4. The molecule has 0 spiro atoms. The first kappa shape index (κ1) is 13.8. The SMILES string of the molecule is C[C@H](OC(=O)c1ccco1)C(=O)Nc1ccc(F)cc1. The van der Waals surface area contributed by atoms with Crippen molar-refractivity contribution in [1.82, 2.24) is 0 Å². The number of hydrogen-bond acceptors (Lipinski definition) is 4. The van der Waals surface area contributed by atoms with Crippen LogP contribution in [0.15, 0.2) is 47.1 Å². The summed E-state index contributed by atoms with van der Waals surface area (Å²) in [5, 5.41) is 2.51. The molecule has 0 aliphatic carbocycles. The fourth-order valence-electron chi connectivity index (χ4n) is 1.44. The molecule has 0 saturated heterocycles. The van der Waals surface area contributed by atoms with Gasteiger partial charge in [-0.05, 0) is 43.3 Å². The highest BCUT2D eigenvalue weighted by molar-refractivity contribution is 5.96. The minimum atomic E-state index is -1.00. The number of anilines is 1. The van der Waals surface area contributed by atoms with Gasteiger partial charge in [0.25, 0.3) is 5.91 Å². The van der Waals surface area contributed by atoms with Crippen LogP contribution >= 0.6 is 0 Å². The van der Waals surface area contributed by atoms with Crippen LogP contribution in [0.2, 0.25) is 0 Å². The highest BCUT2D eigenvalue weighted by Crippen LogP contribution is 2.10. The minimum absolute atomic E-state index is 0.0198. The largest absolute Gasteiger partial charge is 0.457 e. The third-order valence-electron chi connectivity index (χ3n) is 2.49. The van der Waals surface area contributed by atoms with Crippen molar-refractivity contribution in [2.24, 2.45) is 0 Å². The molecule has 1 N–H and O–H groups in total. The van der Waals surface area contributed by atoms with Gasteiger partial charge in [-0.2, -0.15) is 0 Å². The lowest BCUT2D eigenvalue weighted by Gasteiger charge is -2.12. The van der Waals surface area contributed by atoms with Crippen LogP contribution in [0.25, 0.3) is 0 Å². The first-order valence-electron chi connectivity index (χ1n) is 5.87. The van der Waals surface area contributed by atoms with Crippen molar-refractivity contribution in [2.45, 2.75) is 13.0 Å². The van der Waals surface area contributed by atoms with Gasteiger partial charge < -0.3 is 14.5 Å². The molecule has 0 radical (unpaired) electrons. The predicted octanol–water partition coefficient (Wildman–Crippen LogP) is 2.60. The molecule has 6 heteroatoms. The van der Waals surface area contributed by atoms with Crippen molar-refractivity contribution in [3.8, 4) is 0 Å². The van der Waals surface area contributed by atoms with E-state index in [0.29, 0.717) is 5.69 Å². The van der Waals surface area contributed by atoms with Gasteiger partial charge in [0.2, 0.25) is 5.76 Å². The Morgan fingerprint density at radius 1 is 1.25 bits per heavy atom. The van der Waals surface area contributed by atoms with Crippen LogP contribution in [0.4, 0.5) is 10.1 Å². The number of amides is 1. The zero-order chi connectivity index (χ0) is 14.5. The van der Waals surface area contributed by atoms with E-state index in [2.05, 4.69) is 5.32 Å². The van der Waals surface area contributed by atoms with Crippen molar-refractivity contribution in [3.05, 3.63) is 54.2 Å². The number of nitrogens with one attached hydrogen (secondary N) is 1. The Hall–Kier alpha value is -2.63. The Morgan fingerprint density at radius 3 is 2.55 bits per heavy atom. The van der Waals surface area contributed by atoms with Gasteiger partial charge >= 0.3 is 5.97 Å². The number of carbonyl (C=O) groups excluding carboxylic acids is 2. The molecule has 0 aliphatic heterocycles. The van der Waals surface area contributed by atoms with Crippen LogP contribution in [0.1, 0.15) is 17.5 Å². The number of halogens is 1. The van der Waals surface area contributed by atoms with Crippen molar-refractivity contribution < 1.29 is 23.1 Å². The molecule has 1 aromatic carbocycles. The van der Waals surface area contributed by atoms with E-state index >= 15 is 0 Å². The van der Waals surface area contributed by atoms with E-state index in [4.69, 9.17) is 9.15 Å². The van der Waals surface area contributed by atoms with Gasteiger partial charge in [-0.1, -0.05) is 0 Å². The molecular weight excluding hydrogens is 265 g/mol. The molecule has 0 bridgehead atoms. The maximum atomic E-state index is 12.7. The van der Waals surface area contributed by atoms with Crippen molar-refractivity contribution in [3.63, 3.8) is 0 Å². The first-order valence-corrected chi connectivity index (χ1v) is 5.87. The molecule has 1 heterocycles. The fourth-order valence-corrected chi connectivity index (χ4v) is 1.44. The normalized spacial score (nSPS) is 11.7. The van der Waals surface area contributed by atoms with Crippen molar-refractivity contribution >= 4 is 17.6 Å². The molecule has 1 aromatic heterocycles. The second kappa shape index (κ2) is 6.01. The van der Waals surface area contributed by atoms with Gasteiger partial charge in [-0.25, -0.2) is 9.18 Å². The first-order chi connectivity index (χ1) is 9.56. The lowest BCUT2D eigenvalue weighted by Crippen LogP contribution is -2.29. The van der Waals surface area contributed by atoms with Gasteiger partial charge in [-0.15, -0.1) is 0 Å². The van der Waals surface area contributed by atoms with E-state index < -0.39 is 23.8 Å². The van der Waals surface area contributed by atoms with Crippen LogP contribution in [0.5, 0.6) is 0 Å². The van der Waals surface area contributed by atoms with Crippen molar-refractivity contribution in [2.75, 3.05) is 5.32 Å². The molecule has 5 nitrogen and oxygen atoms in total. The quantitative estimate of drug-likeness (QED) is 0.872. The van der Waals surface area contributed by atoms with E-state index in [9.17, 15) is 14.0 Å². The van der Waals surface area contributed by atoms with Gasteiger partial charge in [0.15, 0.2) is 6.10 Å². The summed E-state index contributed by atoms with van der Waals surface area (Å²) in [5.41, 5.74) is 0.414. The molecule has 0 aliphatic rings. The van der Waals surface area contributed by atoms with Gasteiger partial charge in [-0.3, -0.25) is 4.79 Å². The molecular formula is C14H12FNO4. The number of carbonyl (C=O) groups is 2. The monoisotopic (exact) mass is 277 g/mol. The zero-order valence-corrected chi connectivity index (χ0v) is 10.6. The summed E-state index contributed by atoms with van der Waals surface area (Å²) in [6.45, 7) is 1.43. The molecule has 0 saturated carbocycles. The van der Waals surface area contributed by atoms with E-state index in [1.165, 1.54) is 43.5 Å². The Kier molecular flexibility index (Phi) is 4.14. The summed E-state index contributed by atoms with van der Waals surface area (Å²) in [7, 11) is 0. The topological polar surface area (TPSA) is 68.5 Å². The molecule has 0 fully saturated rings. The van der Waals surface area contributed by atoms with Crippen LogP contribution < -0.4 is 5.32 Å². The molecule has 0 unspecified atom stereocenters. The summed E-state index contributed by atoms with van der Waals surface area (Å²) in [6, 6.07) is 8.24. The number of esters is 1. The zero-order valence-electron chi connectivity index (χ0n) is 10.6. The van der Waals surface area contributed by atoms with E-state index in [-0.39, 0.29) is 5.76 Å². The number of rotatable bonds is 4. The van der Waals surface area contributed by atoms with Crippen LogP contribution in [-0.4, -0.2) is 18.0 Å². The average molecular weight is 277 g/mol. The smallest absolute Gasteiger partial charge is 0.374 e. The third kappa shape index (κ3) is 3.44. The van der Waals surface area contributed by atoms with E-state index in [1.54, 1.807) is 6.07 Å². The second-order valence-corrected chi connectivity index (χ2v) is 4.02. The molecule has 2 aromatic rings. The lowest BCUT2D eigenvalue weighted by atomic mass is 10.3. The van der Waals surface area contributed by atoms with Gasteiger partial charge in [0, 0.05) is 5.69 Å². The van der Waals surface area contributed by atoms with Crippen LogP contribution in [0.3, 0.4) is 0 Å². The Balaban J connectivity index is 1.92. The van der Waals surface area contributed by atoms with Crippen LogP contribution in [-0.2, 0) is 9.53 Å².